The molecule has 0 saturated carbocycles. The van der Waals surface area contributed by atoms with Crippen LogP contribution in [0, 0.1) is 18.5 Å². The third-order valence-electron chi connectivity index (χ3n) is 14.0. The number of pyridine rings is 1. The molecule has 1 aliphatic heterocycles. The third-order valence-corrected chi connectivity index (χ3v) is 14.0. The molecular formula is C64H46BN5Pt-2. The van der Waals surface area contributed by atoms with Crippen molar-refractivity contribution in [3.8, 4) is 56.0 Å². The molecule has 3 aromatic heterocycles. The van der Waals surface area contributed by atoms with Gasteiger partial charge < -0.3 is 18.4 Å². The number of aromatic nitrogens is 4. The molecule has 0 spiro atoms. The van der Waals surface area contributed by atoms with Crippen LogP contribution in [-0.2, 0) is 26.5 Å². The number of anilines is 2. The van der Waals surface area contributed by atoms with Gasteiger partial charge in [0.15, 0.2) is 0 Å². The molecule has 0 atom stereocenters. The summed E-state index contributed by atoms with van der Waals surface area (Å²) >= 11 is 0. The molecule has 7 heteroatoms. The Morgan fingerprint density at radius 1 is 0.521 bits per heavy atom. The van der Waals surface area contributed by atoms with E-state index in [1.54, 1.807) is 0 Å². The van der Waals surface area contributed by atoms with Crippen molar-refractivity contribution in [3.63, 3.8) is 0 Å². The van der Waals surface area contributed by atoms with Gasteiger partial charge in [-0.15, -0.1) is 5.39 Å². The van der Waals surface area contributed by atoms with Crippen LogP contribution in [0.5, 0.6) is 0 Å². The number of hydrogen-bond donors (Lipinski definition) is 0. The summed E-state index contributed by atoms with van der Waals surface area (Å²) in [6.07, 6.45) is 4.05. The van der Waals surface area contributed by atoms with Crippen molar-refractivity contribution in [2.75, 3.05) is 4.81 Å². The number of fused-ring (bicyclic) bond motifs is 9. The Hall–Kier alpha value is -8.05. The fourth-order valence-electron chi connectivity index (χ4n) is 10.7. The van der Waals surface area contributed by atoms with E-state index in [0.29, 0.717) is 0 Å². The second-order valence-corrected chi connectivity index (χ2v) is 19.1. The normalized spacial score (nSPS) is 12.0. The van der Waals surface area contributed by atoms with Gasteiger partial charge in [-0.05, 0) is 79.6 Å². The molecule has 12 aromatic rings. The molecule has 4 heterocycles. The Kier molecular flexibility index (Phi) is 11.0. The number of para-hydroxylation sites is 5. The molecule has 0 amide bonds. The summed E-state index contributed by atoms with van der Waals surface area (Å²) in [5, 5.41) is 2.30. The first-order valence-electron chi connectivity index (χ1n) is 24.0. The average Bonchev–Trinajstić information content (AvgIpc) is 3.97. The number of rotatable bonds is 6. The van der Waals surface area contributed by atoms with Crippen LogP contribution < -0.4 is 14.8 Å². The summed E-state index contributed by atoms with van der Waals surface area (Å²) in [6.45, 7) is 6.32. The van der Waals surface area contributed by atoms with Crippen molar-refractivity contribution in [3.05, 3.63) is 248 Å². The van der Waals surface area contributed by atoms with Crippen LogP contribution in [0.15, 0.2) is 224 Å². The Balaban J connectivity index is 0.00000517. The molecule has 0 unspecified atom stereocenters. The number of imidazole rings is 1. The Morgan fingerprint density at radius 2 is 1.11 bits per heavy atom. The van der Waals surface area contributed by atoms with Gasteiger partial charge in [0.05, 0.1) is 11.0 Å². The van der Waals surface area contributed by atoms with E-state index in [1.165, 1.54) is 11.1 Å². The Morgan fingerprint density at radius 3 is 1.86 bits per heavy atom. The smallest absolute Gasteiger partial charge is 0.354 e. The van der Waals surface area contributed by atoms with Crippen molar-refractivity contribution >= 4 is 56.8 Å². The van der Waals surface area contributed by atoms with Gasteiger partial charge in [0.1, 0.15) is 11.6 Å². The zero-order valence-corrected chi connectivity index (χ0v) is 41.8. The molecule has 0 saturated heterocycles. The minimum absolute atomic E-state index is 0. The first-order valence-corrected chi connectivity index (χ1v) is 24.0. The van der Waals surface area contributed by atoms with Gasteiger partial charge in [-0.3, -0.25) is 0 Å². The summed E-state index contributed by atoms with van der Waals surface area (Å²) in [5.74, 6) is 1.62. The number of nitrogens with zero attached hydrogens (tertiary/aromatic N) is 5. The summed E-state index contributed by atoms with van der Waals surface area (Å²) in [5.41, 5.74) is 17.1. The molecule has 13 rings (SSSR count). The second-order valence-electron chi connectivity index (χ2n) is 19.1. The van der Waals surface area contributed by atoms with Gasteiger partial charge in [0.25, 0.3) is 0 Å². The zero-order valence-electron chi connectivity index (χ0n) is 39.5. The summed E-state index contributed by atoms with van der Waals surface area (Å²) in [4.78, 5) is 8.42. The van der Waals surface area contributed by atoms with Crippen LogP contribution in [0.25, 0.3) is 88.9 Å². The van der Waals surface area contributed by atoms with Crippen molar-refractivity contribution in [2.24, 2.45) is 0 Å². The van der Waals surface area contributed by atoms with Crippen LogP contribution in [0.3, 0.4) is 0 Å². The SMILES string of the molecule is CC(C)(C)c1cc(N(B2c3ccccc3-c3ccccc3-c3ccccc3-c3cccc4c3[n+]2[c-]n4-c2[c-]cccc2)c2ccccc2-c2ccccc2)nc(-n2c3[c-]cccc3c3ccccc32)c1.[Pt]. The molecule has 0 radical (unpaired) electrons. The molecule has 342 valence electrons. The quantitative estimate of drug-likeness (QED) is 0.123. The summed E-state index contributed by atoms with van der Waals surface area (Å²) in [6, 6.07) is 87.8. The van der Waals surface area contributed by atoms with Gasteiger partial charge >= 0.3 is 6.98 Å². The molecule has 5 nitrogen and oxygen atoms in total. The van der Waals surface area contributed by atoms with E-state index in [0.717, 1.165) is 100 Å². The molecule has 0 aliphatic carbocycles. The molecule has 0 fully saturated rings. The molecule has 1 aliphatic rings. The summed E-state index contributed by atoms with van der Waals surface area (Å²) < 4.78 is 6.87. The van der Waals surface area contributed by atoms with Crippen LogP contribution in [-0.4, -0.2) is 21.1 Å². The van der Waals surface area contributed by atoms with Crippen LogP contribution >= 0.6 is 0 Å². The van der Waals surface area contributed by atoms with E-state index >= 15 is 0 Å². The van der Waals surface area contributed by atoms with Gasteiger partial charge in [0, 0.05) is 43.3 Å². The van der Waals surface area contributed by atoms with Crippen molar-refractivity contribution in [2.45, 2.75) is 26.2 Å². The van der Waals surface area contributed by atoms with E-state index < -0.39 is 6.98 Å². The van der Waals surface area contributed by atoms with E-state index in [9.17, 15) is 0 Å². The minimum atomic E-state index is -0.562. The van der Waals surface area contributed by atoms with Crippen molar-refractivity contribution in [1.29, 1.82) is 0 Å². The Labute approximate surface area is 429 Å². The van der Waals surface area contributed by atoms with Gasteiger partial charge in [-0.1, -0.05) is 190 Å². The first-order chi connectivity index (χ1) is 34.4. The fourth-order valence-corrected chi connectivity index (χ4v) is 10.7. The van der Waals surface area contributed by atoms with Crippen LogP contribution in [0.4, 0.5) is 11.5 Å². The monoisotopic (exact) mass is 1090 g/mol. The maximum atomic E-state index is 5.94. The Bertz CT molecular complexity index is 3910. The second kappa shape index (κ2) is 17.7. The molecular weight excluding hydrogens is 1040 g/mol. The maximum Gasteiger partial charge on any atom is 0.525 e. The van der Waals surface area contributed by atoms with Crippen LogP contribution in [0.1, 0.15) is 26.3 Å². The van der Waals surface area contributed by atoms with Crippen LogP contribution in [0.2, 0.25) is 0 Å². The van der Waals surface area contributed by atoms with Crippen molar-refractivity contribution < 1.29 is 25.5 Å². The third kappa shape index (κ3) is 7.36. The fraction of sp³-hybridized carbons (Fsp3) is 0.0625. The largest absolute Gasteiger partial charge is 0.525 e. The van der Waals surface area contributed by atoms with E-state index in [1.807, 2.05) is 18.2 Å². The topological polar surface area (TPSA) is 29.9 Å². The van der Waals surface area contributed by atoms with Gasteiger partial charge in [-0.25, -0.2) is 4.98 Å². The number of hydrogen-bond acceptors (Lipinski definition) is 2. The maximum absolute atomic E-state index is 5.94. The first kappa shape index (κ1) is 44.2. The van der Waals surface area contributed by atoms with Gasteiger partial charge in [-0.2, -0.15) is 54.6 Å². The van der Waals surface area contributed by atoms with E-state index in [4.69, 9.17) is 4.98 Å². The zero-order chi connectivity index (χ0) is 46.9. The molecule has 0 bridgehead atoms. The predicted octanol–water partition coefficient (Wildman–Crippen LogP) is 14.2. The molecule has 9 aromatic carbocycles. The number of benzene rings is 9. The van der Waals surface area contributed by atoms with Gasteiger partial charge in [0.2, 0.25) is 6.33 Å². The standard InChI is InChI=1S/C64H46BN5.Pt/c1-64(2,3)45-41-61(69-57-37-19-16-33-53(57)54-34-17-20-38-58(54)69)66-62(42-45)70(59-39-21-15-27-47(59)44-23-6-4-7-24-44)65-56-36-18-14-32-52(56)50-30-12-10-28-48(50)49-29-11-13-31-51(49)55-35-22-40-60-63(55)68(65)43-67(60)46-25-8-5-9-26-46;/h4-25,27-37,39-42H,1-3H3;/q-2;. The molecule has 0 N–H and O–H groups in total. The predicted molar refractivity (Wildman–Crippen MR) is 288 cm³/mol. The average molecular weight is 1090 g/mol. The summed E-state index contributed by atoms with van der Waals surface area (Å²) in [7, 11) is 0. The van der Waals surface area contributed by atoms with E-state index in [-0.39, 0.29) is 26.5 Å². The van der Waals surface area contributed by atoms with Crippen molar-refractivity contribution in [1.82, 2.24) is 14.1 Å². The minimum Gasteiger partial charge on any atom is -0.354 e. The molecule has 71 heavy (non-hydrogen) atoms. The van der Waals surface area contributed by atoms with E-state index in [2.05, 4.69) is 264 Å².